The van der Waals surface area contributed by atoms with Gasteiger partial charge in [0.15, 0.2) is 0 Å². The molecule has 0 atom stereocenters. The molecular formula is C31H24O8. The van der Waals surface area contributed by atoms with E-state index >= 15 is 0 Å². The van der Waals surface area contributed by atoms with Crippen molar-refractivity contribution in [1.29, 1.82) is 0 Å². The molecule has 0 aromatic heterocycles. The van der Waals surface area contributed by atoms with Gasteiger partial charge in [0.2, 0.25) is 0 Å². The number of aromatic carboxylic acids is 4. The summed E-state index contributed by atoms with van der Waals surface area (Å²) in [7, 11) is 0. The molecule has 196 valence electrons. The molecule has 8 nitrogen and oxygen atoms in total. The van der Waals surface area contributed by atoms with E-state index in [1.807, 2.05) is 19.1 Å². The minimum absolute atomic E-state index is 0.244. The lowest BCUT2D eigenvalue weighted by atomic mass is 9.79. The van der Waals surface area contributed by atoms with Crippen molar-refractivity contribution in [3.63, 3.8) is 0 Å². The van der Waals surface area contributed by atoms with E-state index in [9.17, 15) is 39.6 Å². The zero-order valence-corrected chi connectivity index (χ0v) is 20.8. The Morgan fingerprint density at radius 2 is 0.872 bits per heavy atom. The number of carbonyl (C=O) groups is 4. The number of hydrogen-bond donors (Lipinski definition) is 4. The zero-order valence-electron chi connectivity index (χ0n) is 20.8. The second kappa shape index (κ2) is 11.0. The quantitative estimate of drug-likeness (QED) is 0.198. The lowest BCUT2D eigenvalue weighted by Gasteiger charge is -2.24. The van der Waals surface area contributed by atoms with Crippen LogP contribution in [0.15, 0.2) is 84.9 Å². The lowest BCUT2D eigenvalue weighted by molar-refractivity contribution is 0.0652. The number of carboxylic acids is 4. The van der Waals surface area contributed by atoms with Gasteiger partial charge in [-0.2, -0.15) is 0 Å². The fourth-order valence-electron chi connectivity index (χ4n) is 5.07. The zero-order chi connectivity index (χ0) is 28.3. The van der Waals surface area contributed by atoms with Crippen molar-refractivity contribution in [1.82, 2.24) is 0 Å². The number of rotatable bonds is 9. The van der Waals surface area contributed by atoms with Crippen molar-refractivity contribution in [2.24, 2.45) is 0 Å². The largest absolute Gasteiger partial charge is 0.478 e. The minimum Gasteiger partial charge on any atom is -0.478 e. The highest BCUT2D eigenvalue weighted by molar-refractivity contribution is 6.08. The van der Waals surface area contributed by atoms with Gasteiger partial charge in [0.05, 0.1) is 22.3 Å². The van der Waals surface area contributed by atoms with Gasteiger partial charge < -0.3 is 20.4 Å². The second-order valence-corrected chi connectivity index (χ2v) is 8.81. The molecule has 0 radical (unpaired) electrons. The topological polar surface area (TPSA) is 149 Å². The van der Waals surface area contributed by atoms with E-state index in [0.717, 1.165) is 0 Å². The second-order valence-electron chi connectivity index (χ2n) is 8.81. The Morgan fingerprint density at radius 1 is 0.513 bits per heavy atom. The maximum absolute atomic E-state index is 12.2. The summed E-state index contributed by atoms with van der Waals surface area (Å²) >= 11 is 0. The Morgan fingerprint density at radius 3 is 1.21 bits per heavy atom. The Balaban J connectivity index is 1.99. The average molecular weight is 525 g/mol. The molecule has 0 aliphatic heterocycles. The Kier molecular flexibility index (Phi) is 7.58. The summed E-state index contributed by atoms with van der Waals surface area (Å²) in [6.07, 6.45) is 0.524. The van der Waals surface area contributed by atoms with Crippen molar-refractivity contribution in [3.05, 3.63) is 118 Å². The normalized spacial score (nSPS) is 10.8. The number of carboxylic acid groups (broad SMARTS) is 4. The molecule has 4 rings (SSSR count). The summed E-state index contributed by atoms with van der Waals surface area (Å²) in [4.78, 5) is 48.0. The van der Waals surface area contributed by atoms with Gasteiger partial charge >= 0.3 is 23.9 Å². The fourth-order valence-corrected chi connectivity index (χ4v) is 5.07. The van der Waals surface area contributed by atoms with E-state index < -0.39 is 23.9 Å². The van der Waals surface area contributed by atoms with Gasteiger partial charge in [-0.25, -0.2) is 19.2 Å². The summed E-state index contributed by atoms with van der Waals surface area (Å²) in [5.41, 5.74) is 1.63. The van der Waals surface area contributed by atoms with Crippen molar-refractivity contribution in [2.75, 3.05) is 0 Å². The summed E-state index contributed by atoms with van der Waals surface area (Å²) < 4.78 is 0. The first kappa shape index (κ1) is 26.8. The summed E-state index contributed by atoms with van der Waals surface area (Å²) in [6, 6.07) is 22.7. The van der Waals surface area contributed by atoms with Crippen molar-refractivity contribution >= 4 is 23.9 Å². The van der Waals surface area contributed by atoms with Gasteiger partial charge in [0.1, 0.15) is 0 Å². The van der Waals surface area contributed by atoms with E-state index in [0.29, 0.717) is 28.7 Å². The van der Waals surface area contributed by atoms with Crippen molar-refractivity contribution < 1.29 is 39.6 Å². The third-order valence-corrected chi connectivity index (χ3v) is 6.68. The predicted molar refractivity (Wildman–Crippen MR) is 144 cm³/mol. The van der Waals surface area contributed by atoms with Crippen molar-refractivity contribution in [3.8, 4) is 22.3 Å². The molecule has 0 aliphatic rings. The molecular weight excluding hydrogens is 500 g/mol. The number of hydrogen-bond acceptors (Lipinski definition) is 4. The SMILES string of the molecule is CCC(c1ccccc1-c1cccc(C(=O)O)c1C(=O)O)c1ccccc1-c1cccc(C(=O)O)c1C(=O)O. The van der Waals surface area contributed by atoms with Gasteiger partial charge in [-0.1, -0.05) is 79.7 Å². The highest BCUT2D eigenvalue weighted by Crippen LogP contribution is 2.41. The van der Waals surface area contributed by atoms with Gasteiger partial charge in [-0.3, -0.25) is 0 Å². The Hall–Kier alpha value is -5.24. The first-order valence-corrected chi connectivity index (χ1v) is 12.0. The monoisotopic (exact) mass is 524 g/mol. The van der Waals surface area contributed by atoms with Gasteiger partial charge in [-0.15, -0.1) is 0 Å². The molecule has 0 saturated heterocycles. The molecule has 0 amide bonds. The Bertz CT molecular complexity index is 1500. The number of benzene rings is 4. The van der Waals surface area contributed by atoms with Crippen LogP contribution in [0.3, 0.4) is 0 Å². The van der Waals surface area contributed by atoms with Crippen LogP contribution in [-0.4, -0.2) is 44.3 Å². The molecule has 0 heterocycles. The van der Waals surface area contributed by atoms with E-state index in [4.69, 9.17) is 0 Å². The molecule has 4 N–H and O–H groups in total. The third-order valence-electron chi connectivity index (χ3n) is 6.68. The molecule has 4 aromatic carbocycles. The van der Waals surface area contributed by atoms with Crippen LogP contribution in [0.4, 0.5) is 0 Å². The molecule has 0 bridgehead atoms. The molecule has 4 aromatic rings. The first-order chi connectivity index (χ1) is 18.7. The smallest absolute Gasteiger partial charge is 0.337 e. The predicted octanol–water partition coefficient (Wildman–Crippen LogP) is 6.36. The van der Waals surface area contributed by atoms with Gasteiger partial charge in [0.25, 0.3) is 0 Å². The highest BCUT2D eigenvalue weighted by atomic mass is 16.4. The van der Waals surface area contributed by atoms with E-state index in [1.54, 1.807) is 48.5 Å². The van der Waals surface area contributed by atoms with E-state index in [1.165, 1.54) is 24.3 Å². The van der Waals surface area contributed by atoms with Gasteiger partial charge in [-0.05, 0) is 51.9 Å². The summed E-state index contributed by atoms with van der Waals surface area (Å²) in [5, 5.41) is 39.1. The maximum Gasteiger partial charge on any atom is 0.337 e. The fraction of sp³-hybridized carbons (Fsp3) is 0.0968. The highest BCUT2D eigenvalue weighted by Gasteiger charge is 2.27. The lowest BCUT2D eigenvalue weighted by Crippen LogP contribution is -2.12. The Labute approximate surface area is 223 Å². The molecule has 0 unspecified atom stereocenters. The summed E-state index contributed by atoms with van der Waals surface area (Å²) in [6.45, 7) is 1.93. The van der Waals surface area contributed by atoms with Crippen LogP contribution in [0.25, 0.3) is 22.3 Å². The van der Waals surface area contributed by atoms with Crippen LogP contribution < -0.4 is 0 Å². The van der Waals surface area contributed by atoms with Crippen LogP contribution in [0.1, 0.15) is 71.8 Å². The molecule has 0 spiro atoms. The van der Waals surface area contributed by atoms with Gasteiger partial charge in [0, 0.05) is 5.92 Å². The summed E-state index contributed by atoms with van der Waals surface area (Å²) in [5.74, 6) is -5.83. The van der Waals surface area contributed by atoms with Crippen LogP contribution in [0.5, 0.6) is 0 Å². The minimum atomic E-state index is -1.37. The van der Waals surface area contributed by atoms with Crippen LogP contribution in [0.2, 0.25) is 0 Å². The molecule has 0 fully saturated rings. The van der Waals surface area contributed by atoms with E-state index in [-0.39, 0.29) is 39.3 Å². The molecule has 0 aliphatic carbocycles. The molecule has 0 saturated carbocycles. The van der Waals surface area contributed by atoms with Crippen molar-refractivity contribution in [2.45, 2.75) is 19.3 Å². The van der Waals surface area contributed by atoms with Crippen LogP contribution in [0, 0.1) is 0 Å². The van der Waals surface area contributed by atoms with E-state index in [2.05, 4.69) is 0 Å². The average Bonchev–Trinajstić information content (AvgIpc) is 2.93. The molecule has 39 heavy (non-hydrogen) atoms. The third kappa shape index (κ3) is 5.00. The van der Waals surface area contributed by atoms with Crippen LogP contribution in [-0.2, 0) is 0 Å². The maximum atomic E-state index is 12.2. The molecule has 8 heteroatoms. The van der Waals surface area contributed by atoms with Crippen LogP contribution >= 0.6 is 0 Å². The first-order valence-electron chi connectivity index (χ1n) is 12.0. The standard InChI is InChI=1S/C31H24O8/c1-2-17(18-9-3-5-11-20(18)22-13-7-15-24(28(32)33)26(22)30(36)37)19-10-4-6-12-21(19)23-14-8-16-25(29(34)35)27(23)31(38)39/h3-17H,2H2,1H3,(H,32,33)(H,34,35)(H,36,37)(H,38,39).